The van der Waals surface area contributed by atoms with Crippen LogP contribution in [0.4, 0.5) is 5.95 Å². The molecule has 0 aliphatic carbocycles. The summed E-state index contributed by atoms with van der Waals surface area (Å²) in [6.45, 7) is 0. The molecule has 1 amide bonds. The lowest BCUT2D eigenvalue weighted by molar-refractivity contribution is -0.138. The highest BCUT2D eigenvalue weighted by atomic mass is 16.4. The van der Waals surface area contributed by atoms with Gasteiger partial charge in [-0.3, -0.25) is 14.9 Å². The van der Waals surface area contributed by atoms with Crippen LogP contribution < -0.4 is 5.32 Å². The molecule has 1 heterocycles. The molecule has 0 fully saturated rings. The number of hydrogen-bond donors (Lipinski definition) is 2. The number of carboxylic acids is 1. The Kier molecular flexibility index (Phi) is 4.14. The third kappa shape index (κ3) is 3.23. The molecule has 0 saturated carbocycles. The lowest BCUT2D eigenvalue weighted by Gasteiger charge is -2.07. The van der Waals surface area contributed by atoms with Crippen molar-refractivity contribution in [1.29, 1.82) is 0 Å². The van der Waals surface area contributed by atoms with E-state index in [1.54, 1.807) is 17.8 Å². The van der Waals surface area contributed by atoms with Crippen molar-refractivity contribution in [2.75, 3.05) is 5.32 Å². The van der Waals surface area contributed by atoms with E-state index in [-0.39, 0.29) is 18.7 Å². The number of aliphatic carboxylic acids is 1. The van der Waals surface area contributed by atoms with Gasteiger partial charge in [-0.15, -0.1) is 0 Å². The van der Waals surface area contributed by atoms with Crippen LogP contribution in [0.2, 0.25) is 0 Å². The Morgan fingerprint density at radius 1 is 1.25 bits per heavy atom. The van der Waals surface area contributed by atoms with Gasteiger partial charge < -0.3 is 9.67 Å². The maximum atomic E-state index is 11.6. The monoisotopic (exact) mass is 273 g/mol. The summed E-state index contributed by atoms with van der Waals surface area (Å²) in [6, 6.07) is 9.68. The lowest BCUT2D eigenvalue weighted by atomic mass is 10.2. The number of carboxylic acid groups (broad SMARTS) is 1. The Bertz CT molecular complexity index is 620. The predicted molar refractivity (Wildman–Crippen MR) is 74.1 cm³/mol. The number of rotatable bonds is 5. The zero-order valence-corrected chi connectivity index (χ0v) is 11.0. The molecule has 0 aliphatic rings. The maximum absolute atomic E-state index is 11.6. The van der Waals surface area contributed by atoms with Gasteiger partial charge in [-0.1, -0.05) is 30.3 Å². The minimum atomic E-state index is -0.995. The fraction of sp³-hybridized carbons (Fsp3) is 0.214. The van der Waals surface area contributed by atoms with Crippen LogP contribution in [0.15, 0.2) is 36.5 Å². The molecule has 0 radical (unpaired) electrons. The lowest BCUT2D eigenvalue weighted by Crippen LogP contribution is -2.16. The summed E-state index contributed by atoms with van der Waals surface area (Å²) in [5, 5.41) is 11.1. The molecule has 0 saturated heterocycles. The van der Waals surface area contributed by atoms with Gasteiger partial charge in [-0.05, 0) is 5.56 Å². The van der Waals surface area contributed by atoms with Gasteiger partial charge in [0, 0.05) is 13.5 Å². The van der Waals surface area contributed by atoms with E-state index in [1.165, 1.54) is 0 Å². The Labute approximate surface area is 116 Å². The Morgan fingerprint density at radius 2 is 1.95 bits per heavy atom. The summed E-state index contributed by atoms with van der Waals surface area (Å²) in [5.74, 6) is -0.954. The van der Waals surface area contributed by atoms with Crippen LogP contribution in [0.1, 0.15) is 12.8 Å². The second-order valence-electron chi connectivity index (χ2n) is 4.33. The van der Waals surface area contributed by atoms with Crippen LogP contribution in [0.25, 0.3) is 11.3 Å². The van der Waals surface area contributed by atoms with E-state index in [2.05, 4.69) is 10.3 Å². The van der Waals surface area contributed by atoms with Crippen molar-refractivity contribution in [2.45, 2.75) is 12.8 Å². The summed E-state index contributed by atoms with van der Waals surface area (Å²) >= 11 is 0. The highest BCUT2D eigenvalue weighted by molar-refractivity contribution is 5.91. The molecule has 2 aromatic rings. The first-order valence-electron chi connectivity index (χ1n) is 6.16. The smallest absolute Gasteiger partial charge is 0.303 e. The van der Waals surface area contributed by atoms with Crippen molar-refractivity contribution in [3.8, 4) is 11.3 Å². The summed E-state index contributed by atoms with van der Waals surface area (Å²) in [5.41, 5.74) is 1.87. The zero-order chi connectivity index (χ0) is 14.5. The number of imidazole rings is 1. The minimum absolute atomic E-state index is 0.0666. The van der Waals surface area contributed by atoms with Crippen LogP contribution in [0.3, 0.4) is 0 Å². The molecular formula is C14H15N3O3. The number of benzene rings is 1. The van der Waals surface area contributed by atoms with Gasteiger partial charge in [0.05, 0.1) is 18.3 Å². The van der Waals surface area contributed by atoms with E-state index in [1.807, 2.05) is 30.3 Å². The number of amides is 1. The van der Waals surface area contributed by atoms with Crippen LogP contribution in [0.5, 0.6) is 0 Å². The molecule has 6 heteroatoms. The van der Waals surface area contributed by atoms with Gasteiger partial charge in [0.2, 0.25) is 11.9 Å². The molecule has 2 N–H and O–H groups in total. The first-order chi connectivity index (χ1) is 9.58. The van der Waals surface area contributed by atoms with Gasteiger partial charge in [0.15, 0.2) is 0 Å². The number of carbonyl (C=O) groups is 2. The third-order valence-electron chi connectivity index (χ3n) is 2.87. The van der Waals surface area contributed by atoms with E-state index < -0.39 is 5.97 Å². The van der Waals surface area contributed by atoms with Gasteiger partial charge in [0.25, 0.3) is 0 Å². The number of anilines is 1. The van der Waals surface area contributed by atoms with Crippen molar-refractivity contribution in [3.63, 3.8) is 0 Å². The van der Waals surface area contributed by atoms with Gasteiger partial charge in [-0.2, -0.15) is 0 Å². The largest absolute Gasteiger partial charge is 0.481 e. The van der Waals surface area contributed by atoms with E-state index in [9.17, 15) is 9.59 Å². The van der Waals surface area contributed by atoms with Crippen LogP contribution in [-0.2, 0) is 16.6 Å². The normalized spacial score (nSPS) is 10.2. The number of hydrogen-bond acceptors (Lipinski definition) is 3. The number of nitrogens with zero attached hydrogens (tertiary/aromatic N) is 2. The van der Waals surface area contributed by atoms with Crippen LogP contribution in [-0.4, -0.2) is 26.5 Å². The van der Waals surface area contributed by atoms with Crippen molar-refractivity contribution in [3.05, 3.63) is 36.5 Å². The van der Waals surface area contributed by atoms with Crippen molar-refractivity contribution in [2.24, 2.45) is 7.05 Å². The molecule has 0 atom stereocenters. The SMILES string of the molecule is Cn1c(-c2ccccc2)cnc1NC(=O)CCC(=O)O. The van der Waals surface area contributed by atoms with E-state index in [0.717, 1.165) is 11.3 Å². The average Bonchev–Trinajstić information content (AvgIpc) is 2.79. The molecule has 0 aliphatic heterocycles. The van der Waals surface area contributed by atoms with Gasteiger partial charge in [-0.25, -0.2) is 4.98 Å². The van der Waals surface area contributed by atoms with Crippen LogP contribution in [0, 0.1) is 0 Å². The number of nitrogens with one attached hydrogen (secondary N) is 1. The molecule has 20 heavy (non-hydrogen) atoms. The van der Waals surface area contributed by atoms with Crippen LogP contribution >= 0.6 is 0 Å². The minimum Gasteiger partial charge on any atom is -0.481 e. The van der Waals surface area contributed by atoms with Gasteiger partial charge in [0.1, 0.15) is 0 Å². The standard InChI is InChI=1S/C14H15N3O3/c1-17-11(10-5-3-2-4-6-10)9-15-14(17)16-12(18)7-8-13(19)20/h2-6,9H,7-8H2,1H3,(H,19,20)(H,15,16,18). The quantitative estimate of drug-likeness (QED) is 0.871. The fourth-order valence-electron chi connectivity index (χ4n) is 1.81. The first kappa shape index (κ1) is 13.8. The first-order valence-corrected chi connectivity index (χ1v) is 6.16. The van der Waals surface area contributed by atoms with Crippen molar-refractivity contribution >= 4 is 17.8 Å². The molecule has 0 unspecified atom stereocenters. The Balaban J connectivity index is 2.10. The molecule has 1 aromatic heterocycles. The van der Waals surface area contributed by atoms with E-state index >= 15 is 0 Å². The highest BCUT2D eigenvalue weighted by Gasteiger charge is 2.11. The summed E-state index contributed by atoms with van der Waals surface area (Å²) in [7, 11) is 1.79. The van der Waals surface area contributed by atoms with E-state index in [4.69, 9.17) is 5.11 Å². The Hall–Kier alpha value is -2.63. The zero-order valence-electron chi connectivity index (χ0n) is 11.0. The molecule has 0 bridgehead atoms. The van der Waals surface area contributed by atoms with Crippen molar-refractivity contribution in [1.82, 2.24) is 9.55 Å². The fourth-order valence-corrected chi connectivity index (χ4v) is 1.81. The Morgan fingerprint density at radius 3 is 2.60 bits per heavy atom. The maximum Gasteiger partial charge on any atom is 0.303 e. The molecule has 104 valence electrons. The van der Waals surface area contributed by atoms with E-state index in [0.29, 0.717) is 5.95 Å². The summed E-state index contributed by atoms with van der Waals surface area (Å²) in [6.07, 6.45) is 1.41. The number of aromatic nitrogens is 2. The van der Waals surface area contributed by atoms with Gasteiger partial charge >= 0.3 is 5.97 Å². The predicted octanol–water partition coefficient (Wildman–Crippen LogP) is 1.89. The molecule has 1 aromatic carbocycles. The third-order valence-corrected chi connectivity index (χ3v) is 2.87. The molecule has 2 rings (SSSR count). The molecule has 0 spiro atoms. The molecule has 6 nitrogen and oxygen atoms in total. The summed E-state index contributed by atoms with van der Waals surface area (Å²) in [4.78, 5) is 26.1. The topological polar surface area (TPSA) is 84.2 Å². The highest BCUT2D eigenvalue weighted by Crippen LogP contribution is 2.21. The second kappa shape index (κ2) is 6.01. The summed E-state index contributed by atoms with van der Waals surface area (Å²) < 4.78 is 1.76. The second-order valence-corrected chi connectivity index (χ2v) is 4.33. The molecular weight excluding hydrogens is 258 g/mol. The van der Waals surface area contributed by atoms with Crippen molar-refractivity contribution < 1.29 is 14.7 Å². The average molecular weight is 273 g/mol. The number of carbonyl (C=O) groups excluding carboxylic acids is 1.